The van der Waals surface area contributed by atoms with Crippen molar-refractivity contribution in [2.45, 2.75) is 44.8 Å². The Morgan fingerprint density at radius 2 is 1.91 bits per heavy atom. The normalized spacial score (nSPS) is 18.5. The standard InChI is InChI=1S/C25H27FN6O3/c1-15-19(14-28-30-15)22(33)31-9-7-25(26,8-10-31)16-11-17(13-27-12-16)32-23(34)18-5-6-20(35-4)29-21(18)24(32,2)3/h5-6,11-14H,7-10H2,1-4H3,(H,28,30). The summed E-state index contributed by atoms with van der Waals surface area (Å²) in [6, 6.07) is 5.04. The minimum Gasteiger partial charge on any atom is -0.481 e. The number of halogens is 1. The number of rotatable bonds is 4. The zero-order valence-corrected chi connectivity index (χ0v) is 20.1. The lowest BCUT2D eigenvalue weighted by molar-refractivity contribution is 0.0419. The number of anilines is 1. The van der Waals surface area contributed by atoms with E-state index >= 15 is 4.39 Å². The van der Waals surface area contributed by atoms with Crippen LogP contribution >= 0.6 is 0 Å². The molecule has 2 amide bonds. The smallest absolute Gasteiger partial charge is 0.261 e. The number of aromatic nitrogens is 4. The minimum atomic E-state index is -1.66. The second-order valence-corrected chi connectivity index (χ2v) is 9.55. The van der Waals surface area contributed by atoms with Gasteiger partial charge in [0.15, 0.2) is 0 Å². The van der Waals surface area contributed by atoms with Gasteiger partial charge in [0.1, 0.15) is 5.67 Å². The Morgan fingerprint density at radius 1 is 1.17 bits per heavy atom. The van der Waals surface area contributed by atoms with Crippen LogP contribution in [0.5, 0.6) is 5.88 Å². The molecule has 0 saturated carbocycles. The number of carbonyl (C=O) groups is 2. The maximum atomic E-state index is 16.2. The molecule has 1 saturated heterocycles. The molecule has 0 aliphatic carbocycles. The van der Waals surface area contributed by atoms with Crippen molar-refractivity contribution in [3.05, 3.63) is 64.9 Å². The highest BCUT2D eigenvalue weighted by atomic mass is 19.1. The Morgan fingerprint density at radius 3 is 2.57 bits per heavy atom. The van der Waals surface area contributed by atoms with Crippen molar-refractivity contribution in [2.24, 2.45) is 0 Å². The van der Waals surface area contributed by atoms with E-state index in [0.29, 0.717) is 39.6 Å². The van der Waals surface area contributed by atoms with Crippen molar-refractivity contribution in [1.82, 2.24) is 25.1 Å². The zero-order chi connectivity index (χ0) is 25.0. The maximum absolute atomic E-state index is 16.2. The molecule has 5 heterocycles. The predicted octanol–water partition coefficient (Wildman–Crippen LogP) is 3.51. The number of carbonyl (C=O) groups excluding carboxylic acids is 2. The first-order valence-corrected chi connectivity index (χ1v) is 11.5. The van der Waals surface area contributed by atoms with Crippen LogP contribution in [0.25, 0.3) is 0 Å². The summed E-state index contributed by atoms with van der Waals surface area (Å²) < 4.78 is 21.4. The van der Waals surface area contributed by atoms with E-state index in [4.69, 9.17) is 4.74 Å². The Labute approximate surface area is 202 Å². The van der Waals surface area contributed by atoms with Gasteiger partial charge in [-0.25, -0.2) is 9.37 Å². The molecular weight excluding hydrogens is 451 g/mol. The lowest BCUT2D eigenvalue weighted by atomic mass is 9.86. The van der Waals surface area contributed by atoms with E-state index in [0.717, 1.165) is 0 Å². The number of nitrogens with one attached hydrogen (secondary N) is 1. The summed E-state index contributed by atoms with van der Waals surface area (Å²) in [5.74, 6) is 0.0474. The first kappa shape index (κ1) is 22.9. The summed E-state index contributed by atoms with van der Waals surface area (Å²) >= 11 is 0. The van der Waals surface area contributed by atoms with E-state index in [1.165, 1.54) is 19.5 Å². The van der Waals surface area contributed by atoms with Gasteiger partial charge in [-0.1, -0.05) is 0 Å². The number of alkyl halides is 1. The summed E-state index contributed by atoms with van der Waals surface area (Å²) in [5, 5.41) is 6.67. The van der Waals surface area contributed by atoms with Gasteiger partial charge in [0.25, 0.3) is 11.8 Å². The zero-order valence-electron chi connectivity index (χ0n) is 20.1. The number of fused-ring (bicyclic) bond motifs is 1. The van der Waals surface area contributed by atoms with Crippen LogP contribution in [0, 0.1) is 6.92 Å². The number of hydrogen-bond acceptors (Lipinski definition) is 6. The van der Waals surface area contributed by atoms with E-state index < -0.39 is 11.2 Å². The van der Waals surface area contributed by atoms with E-state index in [-0.39, 0.29) is 37.7 Å². The van der Waals surface area contributed by atoms with E-state index in [9.17, 15) is 9.59 Å². The molecule has 5 rings (SSSR count). The highest BCUT2D eigenvalue weighted by Gasteiger charge is 2.46. The maximum Gasteiger partial charge on any atom is 0.261 e. The third kappa shape index (κ3) is 3.64. The summed E-state index contributed by atoms with van der Waals surface area (Å²) in [6.45, 7) is 6.11. The van der Waals surface area contributed by atoms with Crippen molar-refractivity contribution < 1.29 is 18.7 Å². The molecule has 2 aliphatic heterocycles. The van der Waals surface area contributed by atoms with Gasteiger partial charge in [0.05, 0.1) is 47.6 Å². The molecule has 0 bridgehead atoms. The molecule has 1 fully saturated rings. The molecule has 3 aromatic heterocycles. The summed E-state index contributed by atoms with van der Waals surface area (Å²) in [4.78, 5) is 38.1. The minimum absolute atomic E-state index is 0.136. The molecule has 0 atom stereocenters. The highest BCUT2D eigenvalue weighted by molar-refractivity contribution is 6.11. The number of pyridine rings is 2. The van der Waals surface area contributed by atoms with Gasteiger partial charge in [-0.3, -0.25) is 24.6 Å². The molecule has 2 aliphatic rings. The number of aromatic amines is 1. The number of aryl methyl sites for hydroxylation is 1. The predicted molar refractivity (Wildman–Crippen MR) is 126 cm³/mol. The molecule has 182 valence electrons. The van der Waals surface area contributed by atoms with Crippen LogP contribution in [0.1, 0.15) is 64.4 Å². The van der Waals surface area contributed by atoms with E-state index in [2.05, 4.69) is 20.2 Å². The SMILES string of the molecule is COc1ccc2c(n1)C(C)(C)N(c1cncc(C3(F)CCN(C(=O)c4cn[nH]c4C)CC3)c1)C2=O. The molecule has 35 heavy (non-hydrogen) atoms. The largest absolute Gasteiger partial charge is 0.481 e. The fourth-order valence-electron chi connectivity index (χ4n) is 5.00. The van der Waals surface area contributed by atoms with Crippen LogP contribution in [-0.2, 0) is 11.2 Å². The Balaban J connectivity index is 1.39. The molecule has 1 N–H and O–H groups in total. The number of H-pyrrole nitrogens is 1. The van der Waals surface area contributed by atoms with Crippen molar-refractivity contribution in [3.63, 3.8) is 0 Å². The summed E-state index contributed by atoms with van der Waals surface area (Å²) in [7, 11) is 1.53. The lowest BCUT2D eigenvalue weighted by Crippen LogP contribution is -2.44. The topological polar surface area (TPSA) is 104 Å². The second-order valence-electron chi connectivity index (χ2n) is 9.55. The van der Waals surface area contributed by atoms with Crippen molar-refractivity contribution in [3.8, 4) is 5.88 Å². The molecule has 3 aromatic rings. The molecule has 0 aromatic carbocycles. The van der Waals surface area contributed by atoms with Crippen LogP contribution in [0.3, 0.4) is 0 Å². The average Bonchev–Trinajstić information content (AvgIpc) is 3.37. The number of amides is 2. The van der Waals surface area contributed by atoms with Crippen LogP contribution in [0.2, 0.25) is 0 Å². The van der Waals surface area contributed by atoms with Gasteiger partial charge in [0.2, 0.25) is 5.88 Å². The van der Waals surface area contributed by atoms with E-state index in [1.54, 1.807) is 41.1 Å². The number of likely N-dealkylation sites (tertiary alicyclic amines) is 1. The summed E-state index contributed by atoms with van der Waals surface area (Å²) in [5.41, 5.74) is 0.733. The molecule has 9 nitrogen and oxygen atoms in total. The monoisotopic (exact) mass is 478 g/mol. The Bertz CT molecular complexity index is 1310. The molecule has 10 heteroatoms. The molecule has 0 unspecified atom stereocenters. The number of hydrogen-bond donors (Lipinski definition) is 1. The molecule has 0 radical (unpaired) electrons. The van der Waals surface area contributed by atoms with Crippen molar-refractivity contribution >= 4 is 17.5 Å². The Kier molecular flexibility index (Phi) is 5.34. The first-order chi connectivity index (χ1) is 16.7. The first-order valence-electron chi connectivity index (χ1n) is 11.5. The summed E-state index contributed by atoms with van der Waals surface area (Å²) in [6.07, 6.45) is 4.84. The molecule has 0 spiro atoms. The van der Waals surface area contributed by atoms with Crippen LogP contribution in [0.4, 0.5) is 10.1 Å². The van der Waals surface area contributed by atoms with Gasteiger partial charge >= 0.3 is 0 Å². The second kappa shape index (κ2) is 8.14. The number of piperidine rings is 1. The van der Waals surface area contributed by atoms with Crippen LogP contribution < -0.4 is 9.64 Å². The average molecular weight is 479 g/mol. The third-order valence-corrected chi connectivity index (χ3v) is 7.05. The van der Waals surface area contributed by atoms with Gasteiger partial charge in [-0.15, -0.1) is 0 Å². The van der Waals surface area contributed by atoms with Crippen molar-refractivity contribution in [2.75, 3.05) is 25.1 Å². The number of ether oxygens (including phenoxy) is 1. The van der Waals surface area contributed by atoms with Gasteiger partial charge in [0, 0.05) is 49.5 Å². The third-order valence-electron chi connectivity index (χ3n) is 7.05. The Hall–Kier alpha value is -3.82. The van der Waals surface area contributed by atoms with Gasteiger partial charge < -0.3 is 9.64 Å². The fraction of sp³-hybridized carbons (Fsp3) is 0.400. The number of methoxy groups -OCH3 is 1. The fourth-order valence-corrected chi connectivity index (χ4v) is 5.00. The van der Waals surface area contributed by atoms with E-state index in [1.807, 2.05) is 13.8 Å². The molecular formula is C25H27FN6O3. The van der Waals surface area contributed by atoms with Gasteiger partial charge in [-0.05, 0) is 32.9 Å². The van der Waals surface area contributed by atoms with Crippen LogP contribution in [-0.4, -0.2) is 57.1 Å². The quantitative estimate of drug-likeness (QED) is 0.615. The van der Waals surface area contributed by atoms with Crippen LogP contribution in [0.15, 0.2) is 36.8 Å². The van der Waals surface area contributed by atoms with Gasteiger partial charge in [-0.2, -0.15) is 5.10 Å². The number of nitrogens with zero attached hydrogens (tertiary/aromatic N) is 5. The van der Waals surface area contributed by atoms with Crippen molar-refractivity contribution in [1.29, 1.82) is 0 Å². The highest BCUT2D eigenvalue weighted by Crippen LogP contribution is 2.44. The lowest BCUT2D eigenvalue weighted by Gasteiger charge is -2.37.